The van der Waals surface area contributed by atoms with Crippen LogP contribution in [0.3, 0.4) is 0 Å². The molecule has 6 nitrogen and oxygen atoms in total. The minimum Gasteiger partial charge on any atom is -0.495 e. The van der Waals surface area contributed by atoms with Crippen LogP contribution >= 0.6 is 0 Å². The largest absolute Gasteiger partial charge is 0.495 e. The van der Waals surface area contributed by atoms with Crippen molar-refractivity contribution in [1.82, 2.24) is 0 Å². The second-order valence-electron chi connectivity index (χ2n) is 7.26. The van der Waals surface area contributed by atoms with E-state index in [1.165, 1.54) is 7.11 Å². The first-order valence-electron chi connectivity index (χ1n) is 10.3. The van der Waals surface area contributed by atoms with Gasteiger partial charge in [-0.25, -0.2) is 0 Å². The first-order chi connectivity index (χ1) is 15.5. The van der Waals surface area contributed by atoms with Gasteiger partial charge in [-0.3, -0.25) is 14.4 Å². The van der Waals surface area contributed by atoms with E-state index < -0.39 is 18.0 Å². The maximum absolute atomic E-state index is 13.1. The minimum atomic E-state index is -1.17. The number of carbonyl (C=O) groups excluding carboxylic acids is 3. The zero-order valence-corrected chi connectivity index (χ0v) is 18.0. The van der Waals surface area contributed by atoms with Gasteiger partial charge < -0.3 is 14.8 Å². The van der Waals surface area contributed by atoms with Gasteiger partial charge in [0.15, 0.2) is 5.78 Å². The molecule has 1 atom stereocenters. The molecule has 0 aromatic heterocycles. The Morgan fingerprint density at radius 2 is 1.53 bits per heavy atom. The molecule has 1 unspecified atom stereocenters. The number of methoxy groups -OCH3 is 1. The number of amides is 1. The maximum Gasteiger partial charge on any atom is 0.307 e. The molecule has 0 saturated heterocycles. The molecule has 0 aliphatic carbocycles. The molecule has 3 aromatic rings. The highest BCUT2D eigenvalue weighted by Gasteiger charge is 2.26. The molecule has 0 aliphatic heterocycles. The minimum absolute atomic E-state index is 0.00230. The Hall–Kier alpha value is -3.93. The van der Waals surface area contributed by atoms with Crippen molar-refractivity contribution >= 4 is 23.3 Å². The van der Waals surface area contributed by atoms with Crippen LogP contribution in [0, 0.1) is 6.92 Å². The third kappa shape index (κ3) is 6.04. The predicted octanol–water partition coefficient (Wildman–Crippen LogP) is 4.89. The van der Waals surface area contributed by atoms with Gasteiger partial charge in [0.1, 0.15) is 5.75 Å². The first-order valence-corrected chi connectivity index (χ1v) is 10.3. The fourth-order valence-electron chi connectivity index (χ4n) is 3.19. The summed E-state index contributed by atoms with van der Waals surface area (Å²) in [5.41, 5.74) is 2.48. The number of anilines is 1. The van der Waals surface area contributed by atoms with Gasteiger partial charge in [-0.05, 0) is 24.6 Å². The molecule has 32 heavy (non-hydrogen) atoms. The molecule has 3 aromatic carbocycles. The van der Waals surface area contributed by atoms with Crippen LogP contribution < -0.4 is 10.1 Å². The predicted molar refractivity (Wildman–Crippen MR) is 122 cm³/mol. The van der Waals surface area contributed by atoms with Crippen molar-refractivity contribution in [3.8, 4) is 5.75 Å². The summed E-state index contributed by atoms with van der Waals surface area (Å²) in [6, 6.07) is 22.9. The van der Waals surface area contributed by atoms with Crippen LogP contribution in [0.25, 0.3) is 0 Å². The smallest absolute Gasteiger partial charge is 0.307 e. The second kappa shape index (κ2) is 10.9. The van der Waals surface area contributed by atoms with E-state index in [0.717, 1.165) is 5.56 Å². The molecule has 1 amide bonds. The van der Waals surface area contributed by atoms with Gasteiger partial charge in [0.05, 0.1) is 19.2 Å². The lowest BCUT2D eigenvalue weighted by Gasteiger charge is -2.19. The van der Waals surface area contributed by atoms with Crippen LogP contribution in [-0.4, -0.2) is 24.8 Å². The lowest BCUT2D eigenvalue weighted by Crippen LogP contribution is -2.26. The average Bonchev–Trinajstić information content (AvgIpc) is 2.82. The van der Waals surface area contributed by atoms with E-state index in [2.05, 4.69) is 5.32 Å². The number of Topliss-reactive ketones (excluding diaryl/α,β-unsaturated/α-hetero) is 1. The van der Waals surface area contributed by atoms with Gasteiger partial charge in [0.2, 0.25) is 6.10 Å². The fraction of sp³-hybridized carbons (Fsp3) is 0.192. The molecule has 6 heteroatoms. The van der Waals surface area contributed by atoms with Gasteiger partial charge in [-0.15, -0.1) is 0 Å². The van der Waals surface area contributed by atoms with Crippen LogP contribution in [0.5, 0.6) is 5.75 Å². The highest BCUT2D eigenvalue weighted by Crippen LogP contribution is 2.28. The fourth-order valence-corrected chi connectivity index (χ4v) is 3.19. The number of benzene rings is 3. The summed E-state index contributed by atoms with van der Waals surface area (Å²) in [6.45, 7) is 1.90. The van der Waals surface area contributed by atoms with E-state index in [0.29, 0.717) is 22.6 Å². The second-order valence-corrected chi connectivity index (χ2v) is 7.26. The van der Waals surface area contributed by atoms with Crippen molar-refractivity contribution in [3.05, 3.63) is 95.6 Å². The van der Waals surface area contributed by atoms with Gasteiger partial charge in [-0.1, -0.05) is 66.7 Å². The van der Waals surface area contributed by atoms with Crippen molar-refractivity contribution in [1.29, 1.82) is 0 Å². The zero-order valence-electron chi connectivity index (χ0n) is 18.0. The average molecular weight is 431 g/mol. The van der Waals surface area contributed by atoms with E-state index in [4.69, 9.17) is 9.47 Å². The topological polar surface area (TPSA) is 81.7 Å². The normalized spacial score (nSPS) is 11.3. The Labute approximate surface area is 187 Å². The third-order valence-corrected chi connectivity index (χ3v) is 4.85. The molecule has 0 aliphatic rings. The summed E-state index contributed by atoms with van der Waals surface area (Å²) in [5.74, 6) is -0.805. The molecule has 0 radical (unpaired) electrons. The number of esters is 1. The standard InChI is InChI=1S/C26H25NO5/c1-18-13-15-23(31-2)21(17-18)27-26(30)25(20-11-7-4-8-12-20)32-24(29)16-14-22(28)19-9-5-3-6-10-19/h3-13,15,17,25H,14,16H2,1-2H3,(H,27,30). The number of ketones is 1. The lowest BCUT2D eigenvalue weighted by atomic mass is 10.1. The van der Waals surface area contributed by atoms with Crippen LogP contribution in [-0.2, 0) is 14.3 Å². The summed E-state index contributed by atoms with van der Waals surface area (Å²) in [4.78, 5) is 37.9. The Balaban J connectivity index is 1.72. The Morgan fingerprint density at radius 3 is 2.19 bits per heavy atom. The summed E-state index contributed by atoms with van der Waals surface area (Å²) < 4.78 is 10.8. The number of aryl methyl sites for hydroxylation is 1. The van der Waals surface area contributed by atoms with Crippen LogP contribution in [0.15, 0.2) is 78.9 Å². The van der Waals surface area contributed by atoms with E-state index in [1.54, 1.807) is 60.7 Å². The van der Waals surface area contributed by atoms with Gasteiger partial charge in [0, 0.05) is 17.5 Å². The van der Waals surface area contributed by atoms with E-state index in [9.17, 15) is 14.4 Å². The molecule has 1 N–H and O–H groups in total. The van der Waals surface area contributed by atoms with Gasteiger partial charge in [0.25, 0.3) is 5.91 Å². The van der Waals surface area contributed by atoms with Crippen LogP contribution in [0.1, 0.15) is 40.4 Å². The molecule has 0 bridgehead atoms. The third-order valence-electron chi connectivity index (χ3n) is 4.85. The molecular formula is C26H25NO5. The molecular weight excluding hydrogens is 406 g/mol. The Morgan fingerprint density at radius 1 is 0.875 bits per heavy atom. The summed E-state index contributed by atoms with van der Waals surface area (Å²) in [5, 5.41) is 2.79. The molecule has 0 heterocycles. The monoisotopic (exact) mass is 431 g/mol. The number of hydrogen-bond donors (Lipinski definition) is 1. The molecule has 0 saturated carbocycles. The van der Waals surface area contributed by atoms with Gasteiger partial charge in [-0.2, -0.15) is 0 Å². The number of rotatable bonds is 9. The van der Waals surface area contributed by atoms with Crippen molar-refractivity contribution < 1.29 is 23.9 Å². The summed E-state index contributed by atoms with van der Waals surface area (Å²) in [7, 11) is 1.51. The number of nitrogens with one attached hydrogen (secondary N) is 1. The van der Waals surface area contributed by atoms with Crippen molar-refractivity contribution in [2.45, 2.75) is 25.9 Å². The van der Waals surface area contributed by atoms with Gasteiger partial charge >= 0.3 is 5.97 Å². The number of hydrogen-bond acceptors (Lipinski definition) is 5. The maximum atomic E-state index is 13.1. The van der Waals surface area contributed by atoms with Crippen molar-refractivity contribution in [2.24, 2.45) is 0 Å². The van der Waals surface area contributed by atoms with Crippen LogP contribution in [0.2, 0.25) is 0 Å². The quantitative estimate of drug-likeness (QED) is 0.385. The Kier molecular flexibility index (Phi) is 7.75. The van der Waals surface area contributed by atoms with E-state index in [-0.39, 0.29) is 18.6 Å². The van der Waals surface area contributed by atoms with Crippen molar-refractivity contribution in [3.63, 3.8) is 0 Å². The summed E-state index contributed by atoms with van der Waals surface area (Å²) >= 11 is 0. The molecule has 0 fully saturated rings. The van der Waals surface area contributed by atoms with E-state index in [1.807, 2.05) is 25.1 Å². The number of ether oxygens (including phenoxy) is 2. The lowest BCUT2D eigenvalue weighted by molar-refractivity contribution is -0.154. The van der Waals surface area contributed by atoms with Crippen molar-refractivity contribution in [2.75, 3.05) is 12.4 Å². The number of carbonyl (C=O) groups is 3. The highest BCUT2D eigenvalue weighted by molar-refractivity contribution is 5.99. The first kappa shape index (κ1) is 22.7. The van der Waals surface area contributed by atoms with E-state index >= 15 is 0 Å². The highest BCUT2D eigenvalue weighted by atomic mass is 16.5. The van der Waals surface area contributed by atoms with Crippen LogP contribution in [0.4, 0.5) is 5.69 Å². The SMILES string of the molecule is COc1ccc(C)cc1NC(=O)C(OC(=O)CCC(=O)c1ccccc1)c1ccccc1. The summed E-state index contributed by atoms with van der Waals surface area (Å²) in [6.07, 6.45) is -1.30. The molecule has 3 rings (SSSR count). The Bertz CT molecular complexity index is 1080. The molecule has 164 valence electrons. The zero-order chi connectivity index (χ0) is 22.9. The molecule has 0 spiro atoms.